The summed E-state index contributed by atoms with van der Waals surface area (Å²) >= 11 is 0. The Morgan fingerprint density at radius 3 is 2.41 bits per heavy atom. The summed E-state index contributed by atoms with van der Waals surface area (Å²) in [6.07, 6.45) is 2.49. The highest BCUT2D eigenvalue weighted by Gasteiger charge is 2.11. The molecule has 0 spiro atoms. The van der Waals surface area contributed by atoms with E-state index in [1.807, 2.05) is 13.8 Å². The van der Waals surface area contributed by atoms with Crippen LogP contribution >= 0.6 is 0 Å². The Hall–Kier alpha value is -2.57. The molecule has 2 N–H and O–H groups in total. The van der Waals surface area contributed by atoms with Crippen LogP contribution in [-0.4, -0.2) is 22.4 Å². The fraction of sp³-hybridized carbons (Fsp3) is 0.267. The van der Waals surface area contributed by atoms with Crippen molar-refractivity contribution in [3.8, 4) is 0 Å². The van der Waals surface area contributed by atoms with Crippen LogP contribution in [0.5, 0.6) is 0 Å². The summed E-state index contributed by atoms with van der Waals surface area (Å²) < 4.78 is 27.0. The monoisotopic (exact) mass is 306 g/mol. The minimum atomic E-state index is -0.736. The molecule has 0 fully saturated rings. The van der Waals surface area contributed by atoms with Crippen LogP contribution in [0.3, 0.4) is 0 Å². The molecule has 0 saturated heterocycles. The lowest BCUT2D eigenvalue weighted by molar-refractivity contribution is 0.0943. The lowest BCUT2D eigenvalue weighted by atomic mass is 10.2. The maximum Gasteiger partial charge on any atom is 0.271 e. The highest BCUT2D eigenvalue weighted by atomic mass is 19.1. The first-order chi connectivity index (χ1) is 10.5. The number of para-hydroxylation sites is 1. The molecule has 0 aliphatic carbocycles. The van der Waals surface area contributed by atoms with Crippen molar-refractivity contribution in [3.05, 3.63) is 47.9 Å². The first-order valence-corrected chi connectivity index (χ1v) is 6.78. The predicted octanol–water partition coefficient (Wildman–Crippen LogP) is 2.88. The molecule has 0 radical (unpaired) electrons. The van der Waals surface area contributed by atoms with Gasteiger partial charge >= 0.3 is 0 Å². The summed E-state index contributed by atoms with van der Waals surface area (Å²) in [6, 6.07) is 3.53. The number of benzene rings is 1. The summed E-state index contributed by atoms with van der Waals surface area (Å²) in [5, 5.41) is 5.21. The summed E-state index contributed by atoms with van der Waals surface area (Å²) in [7, 11) is 0. The van der Waals surface area contributed by atoms with Gasteiger partial charge in [-0.1, -0.05) is 19.9 Å². The molecular weight excluding hydrogens is 290 g/mol. The van der Waals surface area contributed by atoms with Crippen molar-refractivity contribution < 1.29 is 13.6 Å². The van der Waals surface area contributed by atoms with Gasteiger partial charge in [0.15, 0.2) is 0 Å². The lowest BCUT2D eigenvalue weighted by Gasteiger charge is -2.09. The molecule has 0 bridgehead atoms. The molecule has 5 nitrogen and oxygen atoms in total. The van der Waals surface area contributed by atoms with Gasteiger partial charge in [-0.05, 0) is 18.1 Å². The number of hydrogen-bond donors (Lipinski definition) is 2. The van der Waals surface area contributed by atoms with E-state index in [0.717, 1.165) is 12.1 Å². The number of anilines is 2. The number of nitrogens with one attached hydrogen (secondary N) is 2. The SMILES string of the molecule is CC(C)CNC(=O)c1cnc(Nc2c(F)cccc2F)cn1. The third kappa shape index (κ3) is 3.97. The zero-order valence-corrected chi connectivity index (χ0v) is 12.2. The molecule has 22 heavy (non-hydrogen) atoms. The molecule has 0 saturated carbocycles. The molecule has 116 valence electrons. The second-order valence-corrected chi connectivity index (χ2v) is 5.11. The highest BCUT2D eigenvalue weighted by Crippen LogP contribution is 2.21. The van der Waals surface area contributed by atoms with Crippen LogP contribution in [0.2, 0.25) is 0 Å². The van der Waals surface area contributed by atoms with Gasteiger partial charge in [-0.3, -0.25) is 4.79 Å². The number of aromatic nitrogens is 2. The molecule has 0 aliphatic heterocycles. The van der Waals surface area contributed by atoms with E-state index < -0.39 is 11.6 Å². The van der Waals surface area contributed by atoms with Crippen molar-refractivity contribution in [1.82, 2.24) is 15.3 Å². The van der Waals surface area contributed by atoms with E-state index in [1.165, 1.54) is 18.5 Å². The van der Waals surface area contributed by atoms with Gasteiger partial charge < -0.3 is 10.6 Å². The van der Waals surface area contributed by atoms with Crippen LogP contribution in [0, 0.1) is 17.6 Å². The molecule has 1 amide bonds. The van der Waals surface area contributed by atoms with Crippen LogP contribution in [0.15, 0.2) is 30.6 Å². The Morgan fingerprint density at radius 1 is 1.18 bits per heavy atom. The van der Waals surface area contributed by atoms with E-state index in [4.69, 9.17) is 0 Å². The lowest BCUT2D eigenvalue weighted by Crippen LogP contribution is -2.28. The Kier molecular flexibility index (Phi) is 4.98. The number of carbonyl (C=O) groups is 1. The zero-order valence-electron chi connectivity index (χ0n) is 12.2. The standard InChI is InChI=1S/C15H16F2N4O/c1-9(2)6-20-15(22)12-7-19-13(8-18-12)21-14-10(16)4-3-5-11(14)17/h3-5,7-9H,6H2,1-2H3,(H,19,21)(H,20,22). The van der Waals surface area contributed by atoms with E-state index >= 15 is 0 Å². The molecule has 0 atom stereocenters. The average Bonchev–Trinajstić information content (AvgIpc) is 2.49. The van der Waals surface area contributed by atoms with Crippen molar-refractivity contribution >= 4 is 17.4 Å². The molecule has 1 aromatic carbocycles. The van der Waals surface area contributed by atoms with Crippen molar-refractivity contribution in [2.45, 2.75) is 13.8 Å². The van der Waals surface area contributed by atoms with Crippen LogP contribution < -0.4 is 10.6 Å². The number of carbonyl (C=O) groups excluding carboxylic acids is 1. The third-order valence-corrected chi connectivity index (χ3v) is 2.77. The Labute approximate surface area is 126 Å². The fourth-order valence-electron chi connectivity index (χ4n) is 1.64. The summed E-state index contributed by atoms with van der Waals surface area (Å²) in [5.74, 6) is -1.35. The van der Waals surface area contributed by atoms with Gasteiger partial charge in [0.05, 0.1) is 12.4 Å². The second-order valence-electron chi connectivity index (χ2n) is 5.11. The predicted molar refractivity (Wildman–Crippen MR) is 78.8 cm³/mol. The Balaban J connectivity index is 2.08. The smallest absolute Gasteiger partial charge is 0.271 e. The number of halogens is 2. The van der Waals surface area contributed by atoms with Gasteiger partial charge in [0.1, 0.15) is 28.8 Å². The van der Waals surface area contributed by atoms with Crippen LogP contribution in [-0.2, 0) is 0 Å². The van der Waals surface area contributed by atoms with Gasteiger partial charge in [0.25, 0.3) is 5.91 Å². The van der Waals surface area contributed by atoms with Crippen LogP contribution in [0.4, 0.5) is 20.3 Å². The van der Waals surface area contributed by atoms with Gasteiger partial charge in [-0.15, -0.1) is 0 Å². The number of nitrogens with zero attached hydrogens (tertiary/aromatic N) is 2. The summed E-state index contributed by atoms with van der Waals surface area (Å²) in [6.45, 7) is 4.48. The minimum Gasteiger partial charge on any atom is -0.350 e. The first-order valence-electron chi connectivity index (χ1n) is 6.78. The van der Waals surface area contributed by atoms with Gasteiger partial charge in [-0.2, -0.15) is 0 Å². The molecule has 0 aliphatic rings. The molecule has 1 aromatic heterocycles. The van der Waals surface area contributed by atoms with Gasteiger partial charge in [-0.25, -0.2) is 18.7 Å². The maximum atomic E-state index is 13.5. The second kappa shape index (κ2) is 6.93. The number of hydrogen-bond acceptors (Lipinski definition) is 4. The van der Waals surface area contributed by atoms with Gasteiger partial charge in [0.2, 0.25) is 0 Å². The molecule has 0 unspecified atom stereocenters. The van der Waals surface area contributed by atoms with Crippen molar-refractivity contribution in [2.75, 3.05) is 11.9 Å². The van der Waals surface area contributed by atoms with Gasteiger partial charge in [0, 0.05) is 6.54 Å². The number of amides is 1. The van der Waals surface area contributed by atoms with Crippen LogP contribution in [0.1, 0.15) is 24.3 Å². The maximum absolute atomic E-state index is 13.5. The Bertz CT molecular complexity index is 639. The minimum absolute atomic E-state index is 0.139. The summed E-state index contributed by atoms with van der Waals surface area (Å²) in [5.41, 5.74) is -0.172. The van der Waals surface area contributed by atoms with E-state index in [0.29, 0.717) is 12.5 Å². The summed E-state index contributed by atoms with van der Waals surface area (Å²) in [4.78, 5) is 19.6. The van der Waals surface area contributed by atoms with Crippen LogP contribution in [0.25, 0.3) is 0 Å². The van der Waals surface area contributed by atoms with Crippen molar-refractivity contribution in [3.63, 3.8) is 0 Å². The molecule has 7 heteroatoms. The third-order valence-electron chi connectivity index (χ3n) is 2.77. The normalized spacial score (nSPS) is 10.6. The molecule has 2 aromatic rings. The van der Waals surface area contributed by atoms with E-state index in [2.05, 4.69) is 20.6 Å². The largest absolute Gasteiger partial charge is 0.350 e. The zero-order chi connectivity index (χ0) is 16.1. The quantitative estimate of drug-likeness (QED) is 0.891. The van der Waals surface area contributed by atoms with E-state index in [-0.39, 0.29) is 23.1 Å². The molecular formula is C15H16F2N4O. The molecule has 2 rings (SSSR count). The van der Waals surface area contributed by atoms with E-state index in [9.17, 15) is 13.6 Å². The molecule has 1 heterocycles. The first kappa shape index (κ1) is 15.8. The fourth-order valence-corrected chi connectivity index (χ4v) is 1.64. The number of rotatable bonds is 5. The Morgan fingerprint density at radius 2 is 1.86 bits per heavy atom. The van der Waals surface area contributed by atoms with Crippen molar-refractivity contribution in [1.29, 1.82) is 0 Å². The average molecular weight is 306 g/mol. The van der Waals surface area contributed by atoms with E-state index in [1.54, 1.807) is 0 Å². The highest BCUT2D eigenvalue weighted by molar-refractivity contribution is 5.92. The topological polar surface area (TPSA) is 66.9 Å². The van der Waals surface area contributed by atoms with Crippen molar-refractivity contribution in [2.24, 2.45) is 5.92 Å².